The number of carbonyl (C=O) groups excluding carboxylic acids is 1. The van der Waals surface area contributed by atoms with Crippen molar-refractivity contribution in [3.8, 4) is 6.07 Å². The van der Waals surface area contributed by atoms with Crippen LogP contribution in [0.15, 0.2) is 53.4 Å². The number of amides is 1. The molecule has 1 heterocycles. The molecule has 7 nitrogen and oxygen atoms in total. The van der Waals surface area contributed by atoms with Crippen LogP contribution in [0.2, 0.25) is 5.02 Å². The van der Waals surface area contributed by atoms with Gasteiger partial charge in [-0.15, -0.1) is 0 Å². The van der Waals surface area contributed by atoms with Crippen LogP contribution in [0.5, 0.6) is 0 Å². The van der Waals surface area contributed by atoms with Crippen molar-refractivity contribution in [3.63, 3.8) is 0 Å². The van der Waals surface area contributed by atoms with E-state index in [1.54, 1.807) is 24.0 Å². The predicted molar refractivity (Wildman–Crippen MR) is 114 cm³/mol. The van der Waals surface area contributed by atoms with E-state index in [0.717, 1.165) is 12.1 Å². The van der Waals surface area contributed by atoms with Gasteiger partial charge in [-0.25, -0.2) is 8.42 Å². The normalized spacial score (nSPS) is 16.1. The number of hydrogen-bond acceptors (Lipinski definition) is 5. The molecule has 0 bridgehead atoms. The van der Waals surface area contributed by atoms with E-state index in [0.29, 0.717) is 36.8 Å². The van der Waals surface area contributed by atoms with E-state index in [2.05, 4.69) is 15.7 Å². The van der Waals surface area contributed by atoms with E-state index >= 15 is 0 Å². The van der Waals surface area contributed by atoms with Crippen LogP contribution in [0.25, 0.3) is 0 Å². The Morgan fingerprint density at radius 2 is 1.70 bits per heavy atom. The van der Waals surface area contributed by atoms with E-state index < -0.39 is 16.1 Å². The van der Waals surface area contributed by atoms with Crippen molar-refractivity contribution >= 4 is 27.5 Å². The molecule has 2 aromatic rings. The van der Waals surface area contributed by atoms with Gasteiger partial charge in [-0.1, -0.05) is 23.7 Å². The smallest absolute Gasteiger partial charge is 0.241 e. The van der Waals surface area contributed by atoms with E-state index in [-0.39, 0.29) is 10.8 Å². The molecule has 1 fully saturated rings. The van der Waals surface area contributed by atoms with Gasteiger partial charge in [0.15, 0.2) is 0 Å². The lowest BCUT2D eigenvalue weighted by molar-refractivity contribution is -0.134. The Morgan fingerprint density at radius 1 is 1.10 bits per heavy atom. The van der Waals surface area contributed by atoms with Crippen molar-refractivity contribution in [2.45, 2.75) is 24.4 Å². The van der Waals surface area contributed by atoms with Gasteiger partial charge in [0.25, 0.3) is 0 Å². The average Bonchev–Trinajstić information content (AvgIpc) is 2.74. The first-order valence-corrected chi connectivity index (χ1v) is 11.4. The molecule has 1 N–H and O–H groups in total. The number of carbonyl (C=O) groups is 1. The lowest BCUT2D eigenvalue weighted by Crippen LogP contribution is -2.53. The molecule has 1 atom stereocenters. The predicted octanol–water partition coefficient (Wildman–Crippen LogP) is 2.22. The standard InChI is InChI=1S/C21H23ClN4O3S/c1-16(24-30(28,29)20-8-6-19(22)7-9-20)21(27)26-12-10-25(11-13-26)15-18-4-2-17(14-23)3-5-18/h2-9,16,24H,10-13,15H2,1H3/t16-/m0/s1. The van der Waals surface area contributed by atoms with Crippen LogP contribution in [-0.4, -0.2) is 56.3 Å². The number of rotatable bonds is 6. The van der Waals surface area contributed by atoms with Gasteiger partial charge in [-0.05, 0) is 48.9 Å². The van der Waals surface area contributed by atoms with Crippen LogP contribution in [0, 0.1) is 11.3 Å². The first-order valence-electron chi connectivity index (χ1n) is 9.56. The van der Waals surface area contributed by atoms with Crippen LogP contribution in [0.3, 0.4) is 0 Å². The summed E-state index contributed by atoms with van der Waals surface area (Å²) in [4.78, 5) is 16.7. The molecular weight excluding hydrogens is 424 g/mol. The number of halogens is 1. The molecule has 0 unspecified atom stereocenters. The monoisotopic (exact) mass is 446 g/mol. The molecule has 3 rings (SSSR count). The van der Waals surface area contributed by atoms with E-state index in [9.17, 15) is 13.2 Å². The highest BCUT2D eigenvalue weighted by atomic mass is 35.5. The van der Waals surface area contributed by atoms with Crippen LogP contribution in [-0.2, 0) is 21.4 Å². The summed E-state index contributed by atoms with van der Waals surface area (Å²) in [5, 5.41) is 9.32. The average molecular weight is 447 g/mol. The maximum Gasteiger partial charge on any atom is 0.241 e. The fraction of sp³-hybridized carbons (Fsp3) is 0.333. The largest absolute Gasteiger partial charge is 0.339 e. The summed E-state index contributed by atoms with van der Waals surface area (Å²) in [5.74, 6) is -0.245. The van der Waals surface area contributed by atoms with Crippen molar-refractivity contribution in [2.24, 2.45) is 0 Å². The highest BCUT2D eigenvalue weighted by Crippen LogP contribution is 2.15. The zero-order valence-electron chi connectivity index (χ0n) is 16.6. The topological polar surface area (TPSA) is 93.5 Å². The molecule has 0 spiro atoms. The highest BCUT2D eigenvalue weighted by molar-refractivity contribution is 7.89. The fourth-order valence-electron chi connectivity index (χ4n) is 3.31. The van der Waals surface area contributed by atoms with Gasteiger partial charge in [0.05, 0.1) is 22.6 Å². The third kappa shape index (κ3) is 5.58. The zero-order chi connectivity index (χ0) is 21.7. The molecule has 0 radical (unpaired) electrons. The summed E-state index contributed by atoms with van der Waals surface area (Å²) in [6, 6.07) is 14.5. The van der Waals surface area contributed by atoms with E-state index in [1.165, 1.54) is 24.3 Å². The molecule has 0 aromatic heterocycles. The van der Waals surface area contributed by atoms with Gasteiger partial charge in [-0.2, -0.15) is 9.98 Å². The Morgan fingerprint density at radius 3 is 2.27 bits per heavy atom. The summed E-state index contributed by atoms with van der Waals surface area (Å²) in [6.07, 6.45) is 0. The number of piperazine rings is 1. The molecule has 1 amide bonds. The molecule has 1 saturated heterocycles. The summed E-state index contributed by atoms with van der Waals surface area (Å²) in [5.41, 5.74) is 1.74. The minimum absolute atomic E-state index is 0.0683. The van der Waals surface area contributed by atoms with Crippen molar-refractivity contribution in [3.05, 3.63) is 64.7 Å². The van der Waals surface area contributed by atoms with Crippen molar-refractivity contribution in [1.82, 2.24) is 14.5 Å². The number of nitriles is 1. The Bertz CT molecular complexity index is 1030. The van der Waals surface area contributed by atoms with Crippen LogP contribution in [0.1, 0.15) is 18.1 Å². The Labute approximate surface area is 181 Å². The number of benzene rings is 2. The molecule has 0 saturated carbocycles. The second-order valence-electron chi connectivity index (χ2n) is 7.21. The molecule has 0 aliphatic carbocycles. The third-order valence-electron chi connectivity index (χ3n) is 5.00. The van der Waals surface area contributed by atoms with Gasteiger partial charge in [0, 0.05) is 37.7 Å². The number of nitrogens with one attached hydrogen (secondary N) is 1. The van der Waals surface area contributed by atoms with Gasteiger partial charge < -0.3 is 4.90 Å². The second kappa shape index (κ2) is 9.58. The molecule has 158 valence electrons. The van der Waals surface area contributed by atoms with Gasteiger partial charge in [0.1, 0.15) is 0 Å². The van der Waals surface area contributed by atoms with Gasteiger partial charge in [-0.3, -0.25) is 9.69 Å². The van der Waals surface area contributed by atoms with Crippen LogP contribution >= 0.6 is 11.6 Å². The van der Waals surface area contributed by atoms with E-state index in [4.69, 9.17) is 16.9 Å². The van der Waals surface area contributed by atoms with Crippen LogP contribution in [0.4, 0.5) is 0 Å². The third-order valence-corrected chi connectivity index (χ3v) is 6.81. The minimum Gasteiger partial charge on any atom is -0.339 e. The van der Waals surface area contributed by atoms with Gasteiger partial charge >= 0.3 is 0 Å². The fourth-order valence-corrected chi connectivity index (χ4v) is 4.63. The quantitative estimate of drug-likeness (QED) is 0.734. The number of sulfonamides is 1. The Balaban J connectivity index is 1.52. The Kier molecular flexibility index (Phi) is 7.10. The maximum absolute atomic E-state index is 12.7. The molecule has 30 heavy (non-hydrogen) atoms. The van der Waals surface area contributed by atoms with Crippen LogP contribution < -0.4 is 4.72 Å². The maximum atomic E-state index is 12.7. The minimum atomic E-state index is -3.81. The molecular formula is C21H23ClN4O3S. The lowest BCUT2D eigenvalue weighted by Gasteiger charge is -2.36. The highest BCUT2D eigenvalue weighted by Gasteiger charge is 2.28. The molecule has 9 heteroatoms. The summed E-state index contributed by atoms with van der Waals surface area (Å²) < 4.78 is 27.4. The van der Waals surface area contributed by atoms with Crippen molar-refractivity contribution < 1.29 is 13.2 Å². The van der Waals surface area contributed by atoms with Gasteiger partial charge in [0.2, 0.25) is 15.9 Å². The summed E-state index contributed by atoms with van der Waals surface area (Å²) >= 11 is 5.80. The van der Waals surface area contributed by atoms with Crippen molar-refractivity contribution in [1.29, 1.82) is 5.26 Å². The number of hydrogen-bond donors (Lipinski definition) is 1. The molecule has 1 aliphatic rings. The van der Waals surface area contributed by atoms with E-state index in [1.807, 2.05) is 12.1 Å². The number of nitrogens with zero attached hydrogens (tertiary/aromatic N) is 3. The lowest BCUT2D eigenvalue weighted by atomic mass is 10.1. The zero-order valence-corrected chi connectivity index (χ0v) is 18.2. The SMILES string of the molecule is C[C@H](NS(=O)(=O)c1ccc(Cl)cc1)C(=O)N1CCN(Cc2ccc(C#N)cc2)CC1. The first kappa shape index (κ1) is 22.2. The molecule has 2 aromatic carbocycles. The Hall–Kier alpha value is -2.44. The first-order chi connectivity index (χ1) is 14.3. The summed E-state index contributed by atoms with van der Waals surface area (Å²) in [6.45, 7) is 4.75. The second-order valence-corrected chi connectivity index (χ2v) is 9.36. The van der Waals surface area contributed by atoms with Crippen molar-refractivity contribution in [2.75, 3.05) is 26.2 Å². The summed E-state index contributed by atoms with van der Waals surface area (Å²) in [7, 11) is -3.81. The molecule has 1 aliphatic heterocycles.